The molecule has 0 saturated carbocycles. The van der Waals surface area contributed by atoms with Crippen LogP contribution in [0, 0.1) is 12.7 Å². The molecule has 26 heavy (non-hydrogen) atoms. The Balaban J connectivity index is 1.61. The third-order valence-corrected chi connectivity index (χ3v) is 5.13. The zero-order valence-electron chi connectivity index (χ0n) is 14.2. The van der Waals surface area contributed by atoms with Gasteiger partial charge in [-0.1, -0.05) is 30.3 Å². The van der Waals surface area contributed by atoms with Crippen LogP contribution in [0.3, 0.4) is 0 Å². The lowest BCUT2D eigenvalue weighted by Gasteiger charge is -2.04. The summed E-state index contributed by atoms with van der Waals surface area (Å²) in [6.45, 7) is 2.00. The molecule has 0 bridgehead atoms. The van der Waals surface area contributed by atoms with Crippen molar-refractivity contribution in [1.82, 2.24) is 5.32 Å². The summed E-state index contributed by atoms with van der Waals surface area (Å²) < 4.78 is 31.5. The molecular formula is C20H18FNO3S. The Morgan fingerprint density at radius 3 is 2.69 bits per heavy atom. The molecule has 0 aliphatic rings. The summed E-state index contributed by atoms with van der Waals surface area (Å²) in [5, 5.41) is 2.61. The van der Waals surface area contributed by atoms with Gasteiger partial charge in [-0.15, -0.1) is 0 Å². The molecule has 1 N–H and O–H groups in total. The van der Waals surface area contributed by atoms with E-state index in [0.717, 1.165) is 5.56 Å². The molecule has 0 fully saturated rings. The number of hydrogen-bond donors (Lipinski definition) is 1. The van der Waals surface area contributed by atoms with Crippen molar-refractivity contribution < 1.29 is 17.8 Å². The van der Waals surface area contributed by atoms with Crippen molar-refractivity contribution in [3.63, 3.8) is 0 Å². The van der Waals surface area contributed by atoms with Crippen molar-refractivity contribution in [3.05, 3.63) is 89.1 Å². The minimum atomic E-state index is -1.26. The molecular weight excluding hydrogens is 353 g/mol. The summed E-state index contributed by atoms with van der Waals surface area (Å²) >= 11 is 0. The van der Waals surface area contributed by atoms with Crippen LogP contribution in [0.4, 0.5) is 4.39 Å². The van der Waals surface area contributed by atoms with E-state index in [1.54, 1.807) is 30.3 Å². The van der Waals surface area contributed by atoms with Gasteiger partial charge in [0, 0.05) is 17.0 Å². The van der Waals surface area contributed by atoms with E-state index in [4.69, 9.17) is 4.42 Å². The van der Waals surface area contributed by atoms with Gasteiger partial charge < -0.3 is 9.73 Å². The Hall–Kier alpha value is -2.73. The van der Waals surface area contributed by atoms with Gasteiger partial charge in [-0.05, 0) is 42.8 Å². The van der Waals surface area contributed by atoms with Crippen molar-refractivity contribution in [1.29, 1.82) is 0 Å². The van der Waals surface area contributed by atoms with Crippen LogP contribution in [0.2, 0.25) is 0 Å². The molecule has 0 radical (unpaired) electrons. The normalized spacial score (nSPS) is 11.9. The monoisotopic (exact) mass is 371 g/mol. The second-order valence-electron chi connectivity index (χ2n) is 5.85. The molecule has 1 unspecified atom stereocenters. The Morgan fingerprint density at radius 1 is 1.12 bits per heavy atom. The number of benzene rings is 2. The molecule has 2 aromatic carbocycles. The molecule has 0 saturated heterocycles. The van der Waals surface area contributed by atoms with Crippen LogP contribution in [0.25, 0.3) is 0 Å². The first kappa shape index (κ1) is 18.1. The lowest BCUT2D eigenvalue weighted by atomic mass is 10.2. The first-order chi connectivity index (χ1) is 12.5. The number of rotatable bonds is 6. The first-order valence-electron chi connectivity index (χ1n) is 8.08. The van der Waals surface area contributed by atoms with Crippen molar-refractivity contribution >= 4 is 16.7 Å². The Kier molecular flexibility index (Phi) is 5.63. The maximum atomic E-state index is 13.6. The highest BCUT2D eigenvalue weighted by atomic mass is 32.2. The first-order valence-corrected chi connectivity index (χ1v) is 9.40. The fourth-order valence-electron chi connectivity index (χ4n) is 2.45. The van der Waals surface area contributed by atoms with E-state index in [9.17, 15) is 13.4 Å². The number of hydrogen-bond acceptors (Lipinski definition) is 3. The lowest BCUT2D eigenvalue weighted by Crippen LogP contribution is -2.22. The Morgan fingerprint density at radius 2 is 1.92 bits per heavy atom. The molecule has 0 aliphatic carbocycles. The third-order valence-electron chi connectivity index (χ3n) is 3.81. The number of nitrogens with one attached hydrogen (secondary N) is 1. The molecule has 1 atom stereocenters. The molecule has 134 valence electrons. The maximum Gasteiger partial charge on any atom is 0.287 e. The predicted molar refractivity (Wildman–Crippen MR) is 97.6 cm³/mol. The van der Waals surface area contributed by atoms with Crippen molar-refractivity contribution in [2.45, 2.75) is 24.1 Å². The van der Waals surface area contributed by atoms with Gasteiger partial charge in [-0.3, -0.25) is 9.00 Å². The molecule has 3 rings (SSSR count). The van der Waals surface area contributed by atoms with Gasteiger partial charge in [0.2, 0.25) is 0 Å². The van der Waals surface area contributed by atoms with Crippen LogP contribution in [0.1, 0.15) is 27.4 Å². The fourth-order valence-corrected chi connectivity index (χ4v) is 3.58. The molecule has 1 heterocycles. The zero-order valence-corrected chi connectivity index (χ0v) is 15.0. The topological polar surface area (TPSA) is 59.3 Å². The molecule has 1 amide bonds. The third kappa shape index (κ3) is 4.46. The van der Waals surface area contributed by atoms with Gasteiger partial charge in [0.15, 0.2) is 5.76 Å². The summed E-state index contributed by atoms with van der Waals surface area (Å²) in [4.78, 5) is 12.9. The summed E-state index contributed by atoms with van der Waals surface area (Å²) in [6, 6.07) is 16.9. The largest absolute Gasteiger partial charge is 0.455 e. The van der Waals surface area contributed by atoms with Gasteiger partial charge in [-0.25, -0.2) is 4.39 Å². The van der Waals surface area contributed by atoms with Gasteiger partial charge in [0.25, 0.3) is 5.91 Å². The quantitative estimate of drug-likeness (QED) is 0.713. The number of carbonyl (C=O) groups excluding carboxylic acids is 1. The molecule has 4 nitrogen and oxygen atoms in total. The fraction of sp³-hybridized carbons (Fsp3) is 0.150. The van der Waals surface area contributed by atoms with Crippen molar-refractivity contribution in [2.75, 3.05) is 0 Å². The highest BCUT2D eigenvalue weighted by Crippen LogP contribution is 2.16. The minimum Gasteiger partial charge on any atom is -0.455 e. The van der Waals surface area contributed by atoms with Crippen molar-refractivity contribution in [3.8, 4) is 0 Å². The smallest absolute Gasteiger partial charge is 0.287 e. The van der Waals surface area contributed by atoms with Crippen LogP contribution >= 0.6 is 0 Å². The molecule has 6 heteroatoms. The van der Waals surface area contributed by atoms with Crippen LogP contribution < -0.4 is 5.32 Å². The summed E-state index contributed by atoms with van der Waals surface area (Å²) in [7, 11) is -1.26. The van der Waals surface area contributed by atoms with Crippen LogP contribution in [-0.4, -0.2) is 10.1 Å². The SMILES string of the molecule is Cc1cccc(S(=O)Cc2ccc(C(=O)NCc3ccccc3F)o2)c1. The van der Waals surface area contributed by atoms with Crippen LogP contribution in [-0.2, 0) is 23.1 Å². The van der Waals surface area contributed by atoms with Gasteiger partial charge in [0.05, 0.1) is 16.6 Å². The van der Waals surface area contributed by atoms with Crippen LogP contribution in [0.5, 0.6) is 0 Å². The second kappa shape index (κ2) is 8.10. The molecule has 0 spiro atoms. The van der Waals surface area contributed by atoms with E-state index >= 15 is 0 Å². The number of furan rings is 1. The standard InChI is InChI=1S/C20H18FNO3S/c1-14-5-4-7-17(11-14)26(24)13-16-9-10-19(25-16)20(23)22-12-15-6-2-3-8-18(15)21/h2-11H,12-13H2,1H3,(H,22,23). The molecule has 0 aliphatic heterocycles. The van der Waals surface area contributed by atoms with Gasteiger partial charge >= 0.3 is 0 Å². The number of amides is 1. The Bertz CT molecular complexity index is 951. The van der Waals surface area contributed by atoms with Gasteiger partial charge in [0.1, 0.15) is 11.6 Å². The van der Waals surface area contributed by atoms with E-state index in [1.165, 1.54) is 12.1 Å². The van der Waals surface area contributed by atoms with Crippen molar-refractivity contribution in [2.24, 2.45) is 0 Å². The summed E-state index contributed by atoms with van der Waals surface area (Å²) in [6.07, 6.45) is 0. The minimum absolute atomic E-state index is 0.0662. The van der Waals surface area contributed by atoms with E-state index in [-0.39, 0.29) is 23.9 Å². The highest BCUT2D eigenvalue weighted by molar-refractivity contribution is 7.84. The van der Waals surface area contributed by atoms with E-state index < -0.39 is 16.7 Å². The zero-order chi connectivity index (χ0) is 18.5. The summed E-state index contributed by atoms with van der Waals surface area (Å²) in [5.41, 5.74) is 1.43. The van der Waals surface area contributed by atoms with E-state index in [2.05, 4.69) is 5.32 Å². The molecule has 3 aromatic rings. The number of carbonyl (C=O) groups is 1. The summed E-state index contributed by atoms with van der Waals surface area (Å²) in [5.74, 6) is -0.0647. The Labute approximate surface area is 153 Å². The maximum absolute atomic E-state index is 13.6. The second-order valence-corrected chi connectivity index (χ2v) is 7.30. The average Bonchev–Trinajstić information content (AvgIpc) is 3.09. The van der Waals surface area contributed by atoms with Gasteiger partial charge in [-0.2, -0.15) is 0 Å². The van der Waals surface area contributed by atoms with E-state index in [1.807, 2.05) is 25.1 Å². The predicted octanol–water partition coefficient (Wildman–Crippen LogP) is 3.96. The average molecular weight is 371 g/mol. The highest BCUT2D eigenvalue weighted by Gasteiger charge is 2.14. The van der Waals surface area contributed by atoms with Crippen LogP contribution in [0.15, 0.2) is 70.0 Å². The number of halogens is 1. The molecule has 1 aromatic heterocycles. The lowest BCUT2D eigenvalue weighted by molar-refractivity contribution is 0.0921. The van der Waals surface area contributed by atoms with E-state index in [0.29, 0.717) is 16.2 Å². The number of aryl methyl sites for hydroxylation is 1.